The third-order valence-electron chi connectivity index (χ3n) is 1.86. The summed E-state index contributed by atoms with van der Waals surface area (Å²) in [7, 11) is 0. The highest BCUT2D eigenvalue weighted by Crippen LogP contribution is 2.10. The Labute approximate surface area is 65.7 Å². The van der Waals surface area contributed by atoms with Gasteiger partial charge in [-0.25, -0.2) is 4.58 Å². The van der Waals surface area contributed by atoms with E-state index in [9.17, 15) is 9.90 Å². The molecule has 0 aromatic heterocycles. The molecule has 1 aliphatic rings. The summed E-state index contributed by atoms with van der Waals surface area (Å²) in [5, 5.41) is 10.5. The van der Waals surface area contributed by atoms with E-state index in [-0.39, 0.29) is 0 Å². The van der Waals surface area contributed by atoms with Gasteiger partial charge in [0.05, 0.1) is 0 Å². The molecule has 1 unspecified atom stereocenters. The molecule has 1 atom stereocenters. The van der Waals surface area contributed by atoms with Crippen LogP contribution in [0.15, 0.2) is 12.7 Å². The molecule has 60 valence electrons. The minimum absolute atomic E-state index is 0.437. The Balaban J connectivity index is 2.72. The van der Waals surface area contributed by atoms with E-state index >= 15 is 0 Å². The Kier molecular flexibility index (Phi) is 2.41. The fourth-order valence-electron chi connectivity index (χ4n) is 1.36. The summed E-state index contributed by atoms with van der Waals surface area (Å²) in [6.45, 7) is 4.30. The van der Waals surface area contributed by atoms with Gasteiger partial charge in [-0.05, 0) is 6.08 Å². The number of allylic oxidation sites excluding steroid dienone is 1. The third-order valence-corrected chi connectivity index (χ3v) is 1.86. The predicted molar refractivity (Wildman–Crippen MR) is 39.4 cm³/mol. The van der Waals surface area contributed by atoms with Crippen LogP contribution in [0.1, 0.15) is 12.8 Å². The lowest BCUT2D eigenvalue weighted by Crippen LogP contribution is -2.40. The monoisotopic (exact) mass is 153 g/mol. The zero-order valence-electron chi connectivity index (χ0n) is 6.32. The van der Waals surface area contributed by atoms with Crippen LogP contribution in [0.25, 0.3) is 0 Å². The zero-order valence-corrected chi connectivity index (χ0v) is 6.32. The number of nitrogens with zero attached hydrogens (tertiary/aromatic N) is 1. The van der Waals surface area contributed by atoms with Crippen LogP contribution in [-0.2, 0) is 4.79 Å². The molecule has 11 heavy (non-hydrogen) atoms. The summed E-state index contributed by atoms with van der Waals surface area (Å²) in [6.07, 6.45) is 4.91. The van der Waals surface area contributed by atoms with Crippen molar-refractivity contribution in [3.8, 4) is 0 Å². The van der Waals surface area contributed by atoms with E-state index in [1.54, 1.807) is 16.9 Å². The van der Waals surface area contributed by atoms with Crippen LogP contribution in [0.5, 0.6) is 0 Å². The highest BCUT2D eigenvalue weighted by atomic mass is 16.4. The summed E-state index contributed by atoms with van der Waals surface area (Å²) in [6, 6.07) is -0.437. The first-order valence-corrected chi connectivity index (χ1v) is 3.68. The standard InChI is InChI=1S/C8H11NO2/c1-2-5-9-6-3-4-7(9)8(10)11/h2,5,7H,1,3-4,6H2. The topological polar surface area (TPSA) is 43.1 Å². The summed E-state index contributed by atoms with van der Waals surface area (Å²) in [4.78, 5) is 10.5. The molecule has 1 fully saturated rings. The molecule has 0 aromatic carbocycles. The Bertz CT molecular complexity index is 208. The third kappa shape index (κ3) is 1.67. The minimum atomic E-state index is -0.986. The fraction of sp³-hybridized carbons (Fsp3) is 0.500. The second-order valence-electron chi connectivity index (χ2n) is 2.60. The highest BCUT2D eigenvalue weighted by Gasteiger charge is 2.27. The highest BCUT2D eigenvalue weighted by molar-refractivity contribution is 5.72. The average molecular weight is 153 g/mol. The van der Waals surface area contributed by atoms with E-state index in [2.05, 4.69) is 6.58 Å². The van der Waals surface area contributed by atoms with Crippen LogP contribution in [0, 0.1) is 0 Å². The van der Waals surface area contributed by atoms with Gasteiger partial charge in [0.2, 0.25) is 0 Å². The summed E-state index contributed by atoms with van der Waals surface area (Å²) in [5.41, 5.74) is 0. The van der Waals surface area contributed by atoms with Gasteiger partial charge < -0.3 is 9.90 Å². The summed E-state index contributed by atoms with van der Waals surface area (Å²) < 4.78 is 1.75. The van der Waals surface area contributed by atoms with E-state index in [0.29, 0.717) is 6.42 Å². The molecule has 1 saturated heterocycles. The average Bonchev–Trinajstić information content (AvgIpc) is 2.36. The van der Waals surface area contributed by atoms with Crippen LogP contribution < -0.4 is 5.11 Å². The summed E-state index contributed by atoms with van der Waals surface area (Å²) in [5.74, 6) is -0.986. The number of hydrogen-bond donors (Lipinski definition) is 0. The molecule has 0 aromatic rings. The van der Waals surface area contributed by atoms with Crippen molar-refractivity contribution in [3.05, 3.63) is 12.7 Å². The van der Waals surface area contributed by atoms with Crippen LogP contribution in [0.2, 0.25) is 0 Å². The van der Waals surface area contributed by atoms with Gasteiger partial charge in [-0.1, -0.05) is 6.58 Å². The molecule has 1 aliphatic heterocycles. The first-order valence-electron chi connectivity index (χ1n) is 3.68. The van der Waals surface area contributed by atoms with Crippen LogP contribution in [0.3, 0.4) is 0 Å². The number of hydrogen-bond acceptors (Lipinski definition) is 2. The Morgan fingerprint density at radius 3 is 3.00 bits per heavy atom. The lowest BCUT2D eigenvalue weighted by Gasteiger charge is -2.06. The molecule has 1 heterocycles. The van der Waals surface area contributed by atoms with Crippen LogP contribution >= 0.6 is 0 Å². The Hall–Kier alpha value is -1.12. The van der Waals surface area contributed by atoms with Crippen molar-refractivity contribution in [2.75, 3.05) is 6.54 Å². The molecule has 1 rings (SSSR count). The van der Waals surface area contributed by atoms with Gasteiger partial charge in [-0.3, -0.25) is 0 Å². The number of carbonyl (C=O) groups is 1. The Morgan fingerprint density at radius 1 is 1.73 bits per heavy atom. The molecule has 0 bridgehead atoms. The molecule has 0 spiro atoms. The van der Waals surface area contributed by atoms with Gasteiger partial charge in [0.25, 0.3) is 0 Å². The van der Waals surface area contributed by atoms with Crippen molar-refractivity contribution in [3.63, 3.8) is 0 Å². The fourth-order valence-corrected chi connectivity index (χ4v) is 1.36. The van der Waals surface area contributed by atoms with Gasteiger partial charge in [0, 0.05) is 12.8 Å². The molecule has 0 saturated carbocycles. The maximum absolute atomic E-state index is 10.5. The van der Waals surface area contributed by atoms with Crippen molar-refractivity contribution >= 4 is 12.2 Å². The van der Waals surface area contributed by atoms with Crippen LogP contribution in [-0.4, -0.2) is 29.3 Å². The molecule has 0 N–H and O–H groups in total. The normalized spacial score (nSPS) is 27.3. The second-order valence-corrected chi connectivity index (χ2v) is 2.60. The maximum atomic E-state index is 10.5. The van der Waals surface area contributed by atoms with E-state index in [1.807, 2.05) is 0 Å². The van der Waals surface area contributed by atoms with E-state index in [4.69, 9.17) is 0 Å². The largest absolute Gasteiger partial charge is 0.543 e. The van der Waals surface area contributed by atoms with Gasteiger partial charge in [0.15, 0.2) is 12.3 Å². The van der Waals surface area contributed by atoms with E-state index in [1.165, 1.54) is 0 Å². The molecule has 0 amide bonds. The first-order chi connectivity index (χ1) is 5.25. The minimum Gasteiger partial charge on any atom is -0.543 e. The van der Waals surface area contributed by atoms with Crippen molar-refractivity contribution in [2.24, 2.45) is 0 Å². The van der Waals surface area contributed by atoms with Crippen molar-refractivity contribution in [2.45, 2.75) is 18.9 Å². The number of aliphatic carboxylic acids is 1. The SMILES string of the molecule is C=CC=[N+]1CCCC1C(=O)[O-]. The van der Waals surface area contributed by atoms with Crippen LogP contribution in [0.4, 0.5) is 0 Å². The molecule has 3 nitrogen and oxygen atoms in total. The molecule has 0 aliphatic carbocycles. The Morgan fingerprint density at radius 2 is 2.45 bits per heavy atom. The number of carboxylic acids is 1. The first kappa shape index (κ1) is 7.98. The van der Waals surface area contributed by atoms with Gasteiger partial charge in [-0.2, -0.15) is 0 Å². The number of rotatable bonds is 2. The van der Waals surface area contributed by atoms with Gasteiger partial charge >= 0.3 is 0 Å². The zero-order chi connectivity index (χ0) is 8.27. The second kappa shape index (κ2) is 3.32. The predicted octanol–water partition coefficient (Wildman–Crippen LogP) is -0.832. The lowest BCUT2D eigenvalue weighted by atomic mass is 10.2. The maximum Gasteiger partial charge on any atom is 0.192 e. The molecular weight excluding hydrogens is 142 g/mol. The van der Waals surface area contributed by atoms with Gasteiger partial charge in [-0.15, -0.1) is 0 Å². The molecular formula is C8H11NO2. The van der Waals surface area contributed by atoms with Crippen molar-refractivity contribution < 1.29 is 14.5 Å². The summed E-state index contributed by atoms with van der Waals surface area (Å²) >= 11 is 0. The lowest BCUT2D eigenvalue weighted by molar-refractivity contribution is -0.538. The van der Waals surface area contributed by atoms with E-state index in [0.717, 1.165) is 13.0 Å². The molecule has 3 heteroatoms. The number of carboxylic acid groups (broad SMARTS) is 1. The number of carbonyl (C=O) groups excluding carboxylic acids is 1. The molecule has 0 radical (unpaired) electrons. The van der Waals surface area contributed by atoms with Gasteiger partial charge in [0.1, 0.15) is 12.5 Å². The van der Waals surface area contributed by atoms with Crippen molar-refractivity contribution in [1.29, 1.82) is 0 Å². The quantitative estimate of drug-likeness (QED) is 0.486. The smallest absolute Gasteiger partial charge is 0.192 e. The van der Waals surface area contributed by atoms with Crippen molar-refractivity contribution in [1.82, 2.24) is 0 Å². The van der Waals surface area contributed by atoms with E-state index < -0.39 is 12.0 Å².